The molecule has 0 spiro atoms. The number of hydrogen-bond acceptors (Lipinski definition) is 1. The molecule has 2 aromatic heterocycles. The fourth-order valence-corrected chi connectivity index (χ4v) is 3.18. The molecule has 0 amide bonds. The molecule has 2 heterocycles. The topological polar surface area (TPSA) is 22.8 Å². The normalized spacial score (nSPS) is 11.6. The monoisotopic (exact) mass is 289 g/mol. The number of aryl methyl sites for hydroxylation is 3. The van der Waals surface area contributed by atoms with E-state index in [1.165, 1.54) is 33.1 Å². The first-order valence-electron chi connectivity index (χ1n) is 7.60. The van der Waals surface area contributed by atoms with Gasteiger partial charge in [-0.1, -0.05) is 30.3 Å². The molecule has 4 rings (SSSR count). The second-order valence-electron chi connectivity index (χ2n) is 6.01. The molecular formula is C19H19N3. The van der Waals surface area contributed by atoms with Crippen molar-refractivity contribution in [3.8, 4) is 0 Å². The summed E-state index contributed by atoms with van der Waals surface area (Å²) in [5.41, 5.74) is 4.88. The molecule has 22 heavy (non-hydrogen) atoms. The minimum atomic E-state index is 0.810. The second-order valence-corrected chi connectivity index (χ2v) is 6.01. The molecule has 110 valence electrons. The first kappa shape index (κ1) is 13.1. The summed E-state index contributed by atoms with van der Waals surface area (Å²) >= 11 is 0. The Morgan fingerprint density at radius 1 is 0.955 bits per heavy atom. The SMILES string of the molecule is Cc1c2ccc(Cn3nc4ccccc4c3C)cc2cn1C. The Hall–Kier alpha value is -2.55. The van der Waals surface area contributed by atoms with Crippen LogP contribution < -0.4 is 0 Å². The van der Waals surface area contributed by atoms with Crippen LogP contribution in [0.3, 0.4) is 0 Å². The highest BCUT2D eigenvalue weighted by molar-refractivity contribution is 5.86. The Morgan fingerprint density at radius 2 is 1.77 bits per heavy atom. The van der Waals surface area contributed by atoms with Crippen LogP contribution in [0.4, 0.5) is 0 Å². The van der Waals surface area contributed by atoms with Gasteiger partial charge in [0.2, 0.25) is 0 Å². The molecular weight excluding hydrogens is 270 g/mol. The highest BCUT2D eigenvalue weighted by atomic mass is 15.3. The smallest absolute Gasteiger partial charge is 0.0926 e. The van der Waals surface area contributed by atoms with Crippen molar-refractivity contribution in [1.29, 1.82) is 0 Å². The molecule has 0 bridgehead atoms. The summed E-state index contributed by atoms with van der Waals surface area (Å²) in [7, 11) is 2.10. The van der Waals surface area contributed by atoms with Gasteiger partial charge in [0, 0.05) is 35.4 Å². The van der Waals surface area contributed by atoms with Gasteiger partial charge in [0.05, 0.1) is 12.1 Å². The minimum absolute atomic E-state index is 0.810. The molecule has 0 saturated carbocycles. The first-order valence-corrected chi connectivity index (χ1v) is 7.60. The summed E-state index contributed by atoms with van der Waals surface area (Å²) < 4.78 is 4.28. The van der Waals surface area contributed by atoms with E-state index in [2.05, 4.69) is 72.7 Å². The van der Waals surface area contributed by atoms with Gasteiger partial charge >= 0.3 is 0 Å². The lowest BCUT2D eigenvalue weighted by atomic mass is 10.1. The maximum atomic E-state index is 4.72. The van der Waals surface area contributed by atoms with Gasteiger partial charge in [-0.15, -0.1) is 0 Å². The van der Waals surface area contributed by atoms with Gasteiger partial charge in [0.1, 0.15) is 0 Å². The van der Waals surface area contributed by atoms with E-state index >= 15 is 0 Å². The Bertz CT molecular complexity index is 989. The summed E-state index contributed by atoms with van der Waals surface area (Å²) in [6, 6.07) is 15.0. The lowest BCUT2D eigenvalue weighted by Gasteiger charge is -2.05. The average Bonchev–Trinajstić information content (AvgIpc) is 2.98. The first-order chi connectivity index (χ1) is 10.6. The van der Waals surface area contributed by atoms with Crippen LogP contribution >= 0.6 is 0 Å². The fraction of sp³-hybridized carbons (Fsp3) is 0.211. The number of benzene rings is 2. The molecule has 2 aromatic carbocycles. The number of aromatic nitrogens is 3. The van der Waals surface area contributed by atoms with E-state index in [1.54, 1.807) is 0 Å². The van der Waals surface area contributed by atoms with Crippen LogP contribution in [-0.2, 0) is 13.6 Å². The van der Waals surface area contributed by atoms with E-state index in [1.807, 2.05) is 6.07 Å². The van der Waals surface area contributed by atoms with E-state index < -0.39 is 0 Å². The lowest BCUT2D eigenvalue weighted by molar-refractivity contribution is 0.674. The molecule has 0 aliphatic carbocycles. The van der Waals surface area contributed by atoms with Crippen LogP contribution in [0.5, 0.6) is 0 Å². The van der Waals surface area contributed by atoms with E-state index in [4.69, 9.17) is 5.10 Å². The molecule has 0 atom stereocenters. The zero-order valence-corrected chi connectivity index (χ0v) is 13.2. The zero-order chi connectivity index (χ0) is 15.3. The predicted octanol–water partition coefficient (Wildman–Crippen LogP) is 4.19. The van der Waals surface area contributed by atoms with Crippen molar-refractivity contribution in [1.82, 2.24) is 14.3 Å². The van der Waals surface area contributed by atoms with E-state index in [0.717, 1.165) is 12.1 Å². The number of nitrogens with zero attached hydrogens (tertiary/aromatic N) is 3. The van der Waals surface area contributed by atoms with E-state index in [9.17, 15) is 0 Å². The highest BCUT2D eigenvalue weighted by Crippen LogP contribution is 2.23. The van der Waals surface area contributed by atoms with Gasteiger partial charge in [-0.3, -0.25) is 4.68 Å². The summed E-state index contributed by atoms with van der Waals surface area (Å²) in [5.74, 6) is 0. The maximum absolute atomic E-state index is 4.72. The Balaban J connectivity index is 1.77. The third-order valence-electron chi connectivity index (χ3n) is 4.61. The van der Waals surface area contributed by atoms with Gasteiger partial charge < -0.3 is 4.57 Å². The van der Waals surface area contributed by atoms with Gasteiger partial charge in [-0.25, -0.2) is 0 Å². The fourth-order valence-electron chi connectivity index (χ4n) is 3.18. The van der Waals surface area contributed by atoms with Crippen molar-refractivity contribution in [2.45, 2.75) is 20.4 Å². The molecule has 0 fully saturated rings. The van der Waals surface area contributed by atoms with Crippen molar-refractivity contribution in [2.24, 2.45) is 7.05 Å². The number of hydrogen-bond donors (Lipinski definition) is 0. The molecule has 4 aromatic rings. The molecule has 0 aliphatic heterocycles. The van der Waals surface area contributed by atoms with Crippen molar-refractivity contribution in [3.63, 3.8) is 0 Å². The predicted molar refractivity (Wildman–Crippen MR) is 91.2 cm³/mol. The lowest BCUT2D eigenvalue weighted by Crippen LogP contribution is -2.03. The molecule has 0 radical (unpaired) electrons. The molecule has 3 heteroatoms. The zero-order valence-electron chi connectivity index (χ0n) is 13.2. The molecule has 0 N–H and O–H groups in total. The molecule has 0 aliphatic rings. The van der Waals surface area contributed by atoms with Crippen LogP contribution in [0.1, 0.15) is 17.0 Å². The Labute approximate surface area is 129 Å². The van der Waals surface area contributed by atoms with Gasteiger partial charge in [-0.05, 0) is 36.9 Å². The molecule has 3 nitrogen and oxygen atoms in total. The maximum Gasteiger partial charge on any atom is 0.0926 e. The van der Waals surface area contributed by atoms with Crippen LogP contribution in [0.25, 0.3) is 21.7 Å². The van der Waals surface area contributed by atoms with Crippen LogP contribution in [-0.4, -0.2) is 14.3 Å². The average molecular weight is 289 g/mol. The summed E-state index contributed by atoms with van der Waals surface area (Å²) in [6.45, 7) is 5.11. The molecule has 0 saturated heterocycles. The van der Waals surface area contributed by atoms with Crippen LogP contribution in [0, 0.1) is 13.8 Å². The highest BCUT2D eigenvalue weighted by Gasteiger charge is 2.08. The van der Waals surface area contributed by atoms with Crippen LogP contribution in [0.2, 0.25) is 0 Å². The summed E-state index contributed by atoms with van der Waals surface area (Å²) in [6.07, 6.45) is 2.20. The van der Waals surface area contributed by atoms with E-state index in [0.29, 0.717) is 0 Å². The Morgan fingerprint density at radius 3 is 2.59 bits per heavy atom. The van der Waals surface area contributed by atoms with Crippen molar-refractivity contribution >= 4 is 21.7 Å². The summed E-state index contributed by atoms with van der Waals surface area (Å²) in [4.78, 5) is 0. The minimum Gasteiger partial charge on any atom is -0.353 e. The van der Waals surface area contributed by atoms with Gasteiger partial charge in [0.15, 0.2) is 0 Å². The van der Waals surface area contributed by atoms with Crippen LogP contribution in [0.15, 0.2) is 48.7 Å². The van der Waals surface area contributed by atoms with E-state index in [-0.39, 0.29) is 0 Å². The number of rotatable bonds is 2. The summed E-state index contributed by atoms with van der Waals surface area (Å²) in [5, 5.41) is 8.58. The largest absolute Gasteiger partial charge is 0.353 e. The third-order valence-corrected chi connectivity index (χ3v) is 4.61. The third kappa shape index (κ3) is 1.93. The van der Waals surface area contributed by atoms with Gasteiger partial charge in [0.25, 0.3) is 0 Å². The quantitative estimate of drug-likeness (QED) is 0.542. The number of fused-ring (bicyclic) bond motifs is 2. The van der Waals surface area contributed by atoms with Crippen molar-refractivity contribution in [3.05, 3.63) is 65.6 Å². The van der Waals surface area contributed by atoms with Crippen molar-refractivity contribution in [2.75, 3.05) is 0 Å². The second kappa shape index (κ2) is 4.73. The standard InChI is InChI=1S/C19H19N3/c1-13-17-9-8-15(10-16(17)12-21(13)3)11-22-14(2)18-6-4-5-7-19(18)20-22/h4-10,12H,11H2,1-3H3. The van der Waals surface area contributed by atoms with Gasteiger partial charge in [-0.2, -0.15) is 5.10 Å². The van der Waals surface area contributed by atoms with Crippen molar-refractivity contribution < 1.29 is 0 Å². The Kier molecular flexibility index (Phi) is 2.83. The molecule has 0 unspecified atom stereocenters.